The summed E-state index contributed by atoms with van der Waals surface area (Å²) >= 11 is 0. The molecule has 0 aromatic rings. The van der Waals surface area contributed by atoms with E-state index in [1.165, 1.54) is 32.1 Å². The molecule has 6 rings (SSSR count). The highest BCUT2D eigenvalue weighted by molar-refractivity contribution is 5.66. The number of esters is 1. The van der Waals surface area contributed by atoms with Crippen LogP contribution in [0.5, 0.6) is 0 Å². The minimum atomic E-state index is -0.334. The molecule has 0 unspecified atom stereocenters. The van der Waals surface area contributed by atoms with Crippen molar-refractivity contribution in [1.29, 1.82) is 0 Å². The lowest BCUT2D eigenvalue weighted by atomic mass is 9.46. The fraction of sp³-hybridized carbons (Fsp3) is 0.897. The summed E-state index contributed by atoms with van der Waals surface area (Å²) in [6, 6.07) is 0. The Morgan fingerprint density at radius 1 is 1.06 bits per heavy atom. The molecule has 0 N–H and O–H groups in total. The second-order valence-corrected chi connectivity index (χ2v) is 13.3. The van der Waals surface area contributed by atoms with Gasteiger partial charge < -0.3 is 14.2 Å². The molecule has 0 aromatic heterocycles. The highest BCUT2D eigenvalue weighted by Gasteiger charge is 2.68. The van der Waals surface area contributed by atoms with Crippen LogP contribution in [0.2, 0.25) is 0 Å². The van der Waals surface area contributed by atoms with E-state index in [9.17, 15) is 4.79 Å². The number of ether oxygens (including phenoxy) is 3. The number of carbonyl (C=O) groups excluding carboxylic acids is 1. The fourth-order valence-corrected chi connectivity index (χ4v) is 9.92. The van der Waals surface area contributed by atoms with Crippen LogP contribution in [0.4, 0.5) is 0 Å². The normalized spacial score (nSPS) is 57.2. The first-order valence-electron chi connectivity index (χ1n) is 13.8. The molecule has 1 spiro atoms. The molecule has 184 valence electrons. The summed E-state index contributed by atoms with van der Waals surface area (Å²) < 4.78 is 19.0. The first-order valence-corrected chi connectivity index (χ1v) is 13.8. The zero-order chi connectivity index (χ0) is 23.2. The molecular weight excluding hydrogens is 412 g/mol. The zero-order valence-corrected chi connectivity index (χ0v) is 21.3. The second kappa shape index (κ2) is 7.56. The quantitative estimate of drug-likeness (QED) is 0.351. The number of hydrogen-bond donors (Lipinski definition) is 0. The minimum absolute atomic E-state index is 0.119. The van der Waals surface area contributed by atoms with E-state index in [1.54, 1.807) is 6.92 Å². The SMILES string of the molecule is CC(=O)O[C@@H]1CC[C@@]2(C)[C@@H](CC[C@H]3[C@H]4C[C@@H]5O[C@]6(CC[C@H](C)CO6)[C@@H](C)[C@@H]5[C@]4(C)C=C[C@H]32)C1. The third kappa shape index (κ3) is 3.18. The fourth-order valence-electron chi connectivity index (χ4n) is 9.92. The third-order valence-electron chi connectivity index (χ3n) is 11.7. The number of fused-ring (bicyclic) bond motifs is 7. The van der Waals surface area contributed by atoms with Crippen LogP contribution in [0.1, 0.15) is 86.0 Å². The average Bonchev–Trinajstić information content (AvgIpc) is 3.21. The van der Waals surface area contributed by atoms with Gasteiger partial charge in [-0.05, 0) is 85.4 Å². The largest absolute Gasteiger partial charge is 0.463 e. The monoisotopic (exact) mass is 456 g/mol. The van der Waals surface area contributed by atoms with E-state index in [2.05, 4.69) is 39.8 Å². The molecular formula is C29H44O4. The Labute approximate surface area is 200 Å². The maximum absolute atomic E-state index is 11.5. The van der Waals surface area contributed by atoms with Crippen molar-refractivity contribution in [2.24, 2.45) is 52.3 Å². The molecule has 2 aliphatic heterocycles. The summed E-state index contributed by atoms with van der Waals surface area (Å²) in [6.07, 6.45) is 15.1. The Bertz CT molecular complexity index is 827. The molecule has 0 radical (unpaired) electrons. The Morgan fingerprint density at radius 2 is 1.88 bits per heavy atom. The van der Waals surface area contributed by atoms with E-state index in [4.69, 9.17) is 14.2 Å². The van der Waals surface area contributed by atoms with Crippen LogP contribution < -0.4 is 0 Å². The summed E-state index contributed by atoms with van der Waals surface area (Å²) in [5.74, 6) is 4.02. The second-order valence-electron chi connectivity index (χ2n) is 13.3. The molecule has 33 heavy (non-hydrogen) atoms. The van der Waals surface area contributed by atoms with Gasteiger partial charge in [-0.3, -0.25) is 4.79 Å². The predicted octanol–water partition coefficient (Wildman–Crippen LogP) is 6.14. The van der Waals surface area contributed by atoms with Crippen molar-refractivity contribution in [3.05, 3.63) is 12.2 Å². The smallest absolute Gasteiger partial charge is 0.302 e. The zero-order valence-electron chi connectivity index (χ0n) is 21.3. The Balaban J connectivity index is 1.25. The highest BCUT2D eigenvalue weighted by atomic mass is 16.7. The molecule has 3 saturated carbocycles. The minimum Gasteiger partial charge on any atom is -0.463 e. The lowest BCUT2D eigenvalue weighted by Gasteiger charge is -2.59. The lowest BCUT2D eigenvalue weighted by Crippen LogP contribution is -2.53. The van der Waals surface area contributed by atoms with Crippen molar-refractivity contribution in [2.45, 2.75) is 104 Å². The van der Waals surface area contributed by atoms with Crippen LogP contribution in [-0.2, 0) is 19.0 Å². The Kier molecular flexibility index (Phi) is 5.18. The van der Waals surface area contributed by atoms with E-state index in [1.807, 2.05) is 0 Å². The molecule has 0 bridgehead atoms. The molecule has 0 amide bonds. The van der Waals surface area contributed by atoms with Gasteiger partial charge in [0.15, 0.2) is 5.79 Å². The van der Waals surface area contributed by atoms with Crippen molar-refractivity contribution < 1.29 is 19.0 Å². The summed E-state index contributed by atoms with van der Waals surface area (Å²) in [5.41, 5.74) is 0.560. The summed E-state index contributed by atoms with van der Waals surface area (Å²) in [7, 11) is 0. The summed E-state index contributed by atoms with van der Waals surface area (Å²) in [6.45, 7) is 12.2. The van der Waals surface area contributed by atoms with Crippen molar-refractivity contribution in [3.8, 4) is 0 Å². The van der Waals surface area contributed by atoms with Crippen molar-refractivity contribution in [2.75, 3.05) is 6.61 Å². The van der Waals surface area contributed by atoms with Crippen LogP contribution in [0.3, 0.4) is 0 Å². The van der Waals surface area contributed by atoms with Gasteiger partial charge in [-0.2, -0.15) is 0 Å². The first kappa shape index (κ1) is 22.6. The van der Waals surface area contributed by atoms with Gasteiger partial charge in [0.2, 0.25) is 0 Å². The van der Waals surface area contributed by atoms with Crippen LogP contribution >= 0.6 is 0 Å². The number of carbonyl (C=O) groups is 1. The van der Waals surface area contributed by atoms with Crippen LogP contribution in [0.15, 0.2) is 12.2 Å². The maximum atomic E-state index is 11.5. The molecule has 2 saturated heterocycles. The van der Waals surface area contributed by atoms with Gasteiger partial charge in [0.1, 0.15) is 6.10 Å². The number of rotatable bonds is 1. The molecule has 6 aliphatic rings. The average molecular weight is 457 g/mol. The van der Waals surface area contributed by atoms with Crippen LogP contribution in [0.25, 0.3) is 0 Å². The van der Waals surface area contributed by atoms with E-state index in [0.29, 0.717) is 47.0 Å². The third-order valence-corrected chi connectivity index (χ3v) is 11.7. The van der Waals surface area contributed by atoms with Gasteiger partial charge in [0.25, 0.3) is 0 Å². The number of allylic oxidation sites excluding steroid dienone is 2. The van der Waals surface area contributed by atoms with Crippen LogP contribution in [-0.4, -0.2) is 30.6 Å². The van der Waals surface area contributed by atoms with Gasteiger partial charge in [0.05, 0.1) is 12.7 Å². The van der Waals surface area contributed by atoms with E-state index >= 15 is 0 Å². The predicted molar refractivity (Wildman–Crippen MR) is 127 cm³/mol. The van der Waals surface area contributed by atoms with Crippen molar-refractivity contribution in [3.63, 3.8) is 0 Å². The van der Waals surface area contributed by atoms with Crippen LogP contribution in [0, 0.1) is 52.3 Å². The molecule has 0 aromatic carbocycles. The van der Waals surface area contributed by atoms with Crippen molar-refractivity contribution >= 4 is 5.97 Å². The Hall–Kier alpha value is -0.870. The van der Waals surface area contributed by atoms with Gasteiger partial charge in [-0.15, -0.1) is 0 Å². The van der Waals surface area contributed by atoms with Gasteiger partial charge in [-0.1, -0.05) is 39.8 Å². The molecule has 12 atom stereocenters. The molecule has 4 aliphatic carbocycles. The standard InChI is InChI=1S/C29H44O4/c1-17-8-13-29(31-16-17)18(2)26-25(33-29)15-24-22-7-6-20-14-21(32-19(3)30)9-11-27(20,4)23(22)10-12-28(24,26)5/h10,12,17-18,20-26H,6-9,11,13-16H2,1-5H3/t17-,18-,20-,21+,22+,23+,24+,25-,26-,27-,28+,29+/m0/s1. The molecule has 4 nitrogen and oxygen atoms in total. The van der Waals surface area contributed by atoms with Crippen molar-refractivity contribution in [1.82, 2.24) is 0 Å². The van der Waals surface area contributed by atoms with E-state index in [0.717, 1.165) is 31.8 Å². The number of hydrogen-bond acceptors (Lipinski definition) is 4. The van der Waals surface area contributed by atoms with Gasteiger partial charge >= 0.3 is 5.97 Å². The molecule has 4 heteroatoms. The highest BCUT2D eigenvalue weighted by Crippen LogP contribution is 2.69. The van der Waals surface area contributed by atoms with Gasteiger partial charge in [0, 0.05) is 25.2 Å². The Morgan fingerprint density at radius 3 is 2.61 bits per heavy atom. The lowest BCUT2D eigenvalue weighted by molar-refractivity contribution is -0.272. The molecule has 2 heterocycles. The van der Waals surface area contributed by atoms with Gasteiger partial charge in [-0.25, -0.2) is 0 Å². The maximum Gasteiger partial charge on any atom is 0.302 e. The molecule has 5 fully saturated rings. The summed E-state index contributed by atoms with van der Waals surface area (Å²) in [4.78, 5) is 11.5. The van der Waals surface area contributed by atoms with E-state index < -0.39 is 0 Å². The summed E-state index contributed by atoms with van der Waals surface area (Å²) in [5, 5.41) is 0. The first-order chi connectivity index (χ1) is 15.7. The topological polar surface area (TPSA) is 44.8 Å². The van der Waals surface area contributed by atoms with E-state index in [-0.39, 0.29) is 23.3 Å².